The molecule has 3 N–H and O–H groups in total. The zero-order valence-corrected chi connectivity index (χ0v) is 21.6. The molecule has 0 unspecified atom stereocenters. The molecule has 1 atom stereocenters. The molecule has 5 rings (SSSR count). The summed E-state index contributed by atoms with van der Waals surface area (Å²) in [5.41, 5.74) is 9.79. The lowest BCUT2D eigenvalue weighted by Crippen LogP contribution is -2.37. The summed E-state index contributed by atoms with van der Waals surface area (Å²) < 4.78 is 6.23. The summed E-state index contributed by atoms with van der Waals surface area (Å²) in [6.45, 7) is 4.53. The summed E-state index contributed by atoms with van der Waals surface area (Å²) in [6, 6.07) is 15.4. The molecule has 0 saturated carbocycles. The van der Waals surface area contributed by atoms with Crippen LogP contribution in [0, 0.1) is 12.8 Å². The summed E-state index contributed by atoms with van der Waals surface area (Å²) in [5.74, 6) is 1.81. The van der Waals surface area contributed by atoms with Gasteiger partial charge in [-0.15, -0.1) is 11.3 Å². The maximum atomic E-state index is 13.3. The summed E-state index contributed by atoms with van der Waals surface area (Å²) in [6.07, 6.45) is 6.49. The van der Waals surface area contributed by atoms with Crippen molar-refractivity contribution in [2.24, 2.45) is 11.7 Å². The molecular formula is C28H30N6O2S. The monoisotopic (exact) mass is 514 g/mol. The lowest BCUT2D eigenvalue weighted by atomic mass is 9.93. The normalized spacial score (nSPS) is 15.4. The van der Waals surface area contributed by atoms with E-state index in [1.165, 1.54) is 17.8 Å². The SMILES string of the molecule is Cc1c(Oc2ccccc2)ccc(NC(=O)c2csc(-c3ccnnc3)n2)c1N1CCC[C@@H](CCN)C1. The topological polar surface area (TPSA) is 106 Å². The van der Waals surface area contributed by atoms with Crippen molar-refractivity contribution in [1.82, 2.24) is 15.2 Å². The number of amides is 1. The molecule has 0 bridgehead atoms. The zero-order valence-electron chi connectivity index (χ0n) is 20.8. The highest BCUT2D eigenvalue weighted by Gasteiger charge is 2.25. The van der Waals surface area contributed by atoms with Gasteiger partial charge >= 0.3 is 0 Å². The highest BCUT2D eigenvalue weighted by molar-refractivity contribution is 7.13. The predicted octanol–water partition coefficient (Wildman–Crippen LogP) is 5.52. The van der Waals surface area contributed by atoms with Crippen LogP contribution in [0.5, 0.6) is 11.5 Å². The van der Waals surface area contributed by atoms with E-state index in [9.17, 15) is 4.79 Å². The molecule has 2 aromatic heterocycles. The van der Waals surface area contributed by atoms with Crippen molar-refractivity contribution in [2.45, 2.75) is 26.2 Å². The third-order valence-corrected chi connectivity index (χ3v) is 7.47. The quantitative estimate of drug-likeness (QED) is 0.319. The lowest BCUT2D eigenvalue weighted by Gasteiger charge is -2.36. The predicted molar refractivity (Wildman–Crippen MR) is 147 cm³/mol. The number of carbonyl (C=O) groups is 1. The fourth-order valence-corrected chi connectivity index (χ4v) is 5.56. The molecular weight excluding hydrogens is 484 g/mol. The highest BCUT2D eigenvalue weighted by atomic mass is 32.1. The molecule has 2 aromatic carbocycles. The molecule has 3 heterocycles. The average Bonchev–Trinajstić information content (AvgIpc) is 3.43. The number of hydrogen-bond acceptors (Lipinski definition) is 8. The van der Waals surface area contributed by atoms with Gasteiger partial charge in [-0.1, -0.05) is 18.2 Å². The first-order chi connectivity index (χ1) is 18.1. The van der Waals surface area contributed by atoms with E-state index in [4.69, 9.17) is 10.5 Å². The molecule has 1 aliphatic rings. The molecule has 190 valence electrons. The van der Waals surface area contributed by atoms with Gasteiger partial charge in [0.2, 0.25) is 0 Å². The number of nitrogens with zero attached hydrogens (tertiary/aromatic N) is 4. The zero-order chi connectivity index (χ0) is 25.6. The van der Waals surface area contributed by atoms with Crippen LogP contribution in [-0.2, 0) is 0 Å². The Hall–Kier alpha value is -3.82. The smallest absolute Gasteiger partial charge is 0.275 e. The van der Waals surface area contributed by atoms with Gasteiger partial charge in [-0.2, -0.15) is 10.2 Å². The van der Waals surface area contributed by atoms with E-state index in [2.05, 4.69) is 25.4 Å². The van der Waals surface area contributed by atoms with Crippen LogP contribution >= 0.6 is 11.3 Å². The number of carbonyl (C=O) groups excluding carboxylic acids is 1. The van der Waals surface area contributed by atoms with Gasteiger partial charge in [0.25, 0.3) is 5.91 Å². The van der Waals surface area contributed by atoms with Crippen molar-refractivity contribution in [1.29, 1.82) is 0 Å². The average molecular weight is 515 g/mol. The van der Waals surface area contributed by atoms with E-state index in [1.54, 1.807) is 17.8 Å². The Morgan fingerprint density at radius 2 is 2.05 bits per heavy atom. The molecule has 1 saturated heterocycles. The number of nitrogens with two attached hydrogens (primary N) is 1. The number of nitrogens with one attached hydrogen (secondary N) is 1. The van der Waals surface area contributed by atoms with Crippen LogP contribution in [0.3, 0.4) is 0 Å². The molecule has 0 spiro atoms. The van der Waals surface area contributed by atoms with E-state index >= 15 is 0 Å². The second-order valence-corrected chi connectivity index (χ2v) is 10.0. The van der Waals surface area contributed by atoms with Gasteiger partial charge in [0.15, 0.2) is 0 Å². The van der Waals surface area contributed by atoms with Crippen LogP contribution in [0.2, 0.25) is 0 Å². The van der Waals surface area contributed by atoms with Gasteiger partial charge in [-0.05, 0) is 69.0 Å². The molecule has 1 amide bonds. The molecule has 9 heteroatoms. The number of benzene rings is 2. The van der Waals surface area contributed by atoms with Gasteiger partial charge in [-0.25, -0.2) is 4.98 Å². The standard InChI is InChI=1S/C28H30N6O2S/c1-19-25(36-22-7-3-2-4-8-22)10-9-23(26(19)34-15-5-6-20(17-34)11-13-29)32-27(35)24-18-37-28(33-24)21-12-14-30-31-16-21/h2-4,7-10,12,14,16,18,20H,5-6,11,13,15,17,29H2,1H3,(H,32,35)/t20-/m0/s1. The highest BCUT2D eigenvalue weighted by Crippen LogP contribution is 2.40. The molecule has 0 radical (unpaired) electrons. The van der Waals surface area contributed by atoms with Gasteiger partial charge in [-0.3, -0.25) is 4.79 Å². The number of anilines is 2. The first-order valence-corrected chi connectivity index (χ1v) is 13.4. The van der Waals surface area contributed by atoms with Crippen LogP contribution in [0.25, 0.3) is 10.6 Å². The van der Waals surface area contributed by atoms with E-state index in [1.807, 2.05) is 55.5 Å². The molecule has 1 aliphatic heterocycles. The maximum absolute atomic E-state index is 13.3. The van der Waals surface area contributed by atoms with Crippen molar-refractivity contribution in [2.75, 3.05) is 29.9 Å². The van der Waals surface area contributed by atoms with E-state index in [0.29, 0.717) is 18.2 Å². The Bertz CT molecular complexity index is 1340. The van der Waals surface area contributed by atoms with Crippen LogP contribution in [0.15, 0.2) is 66.3 Å². The van der Waals surface area contributed by atoms with Crippen LogP contribution in [-0.4, -0.2) is 40.7 Å². The van der Waals surface area contributed by atoms with Crippen LogP contribution in [0.4, 0.5) is 11.4 Å². The molecule has 8 nitrogen and oxygen atoms in total. The number of hydrogen-bond donors (Lipinski definition) is 2. The minimum absolute atomic E-state index is 0.252. The van der Waals surface area contributed by atoms with E-state index < -0.39 is 0 Å². The largest absolute Gasteiger partial charge is 0.457 e. The number of rotatable bonds is 8. The van der Waals surface area contributed by atoms with Crippen molar-refractivity contribution in [3.63, 3.8) is 0 Å². The summed E-state index contributed by atoms with van der Waals surface area (Å²) in [4.78, 5) is 20.2. The van der Waals surface area contributed by atoms with Gasteiger partial charge in [0, 0.05) is 29.6 Å². The van der Waals surface area contributed by atoms with E-state index in [-0.39, 0.29) is 5.91 Å². The molecule has 0 aliphatic carbocycles. The van der Waals surface area contributed by atoms with E-state index in [0.717, 1.165) is 64.9 Å². The first-order valence-electron chi connectivity index (χ1n) is 12.5. The Kier molecular flexibility index (Phi) is 7.72. The summed E-state index contributed by atoms with van der Waals surface area (Å²) in [5, 5.41) is 13.3. The number of piperidine rings is 1. The van der Waals surface area contributed by atoms with Gasteiger partial charge in [0.05, 0.1) is 23.8 Å². The Labute approximate surface area is 220 Å². The number of thiazole rings is 1. The first kappa shape index (κ1) is 24.9. The van der Waals surface area contributed by atoms with Crippen molar-refractivity contribution >= 4 is 28.6 Å². The van der Waals surface area contributed by atoms with Gasteiger partial charge < -0.3 is 20.7 Å². The summed E-state index contributed by atoms with van der Waals surface area (Å²) in [7, 11) is 0. The van der Waals surface area contributed by atoms with Crippen molar-refractivity contribution in [3.8, 4) is 22.1 Å². The number of aromatic nitrogens is 3. The summed E-state index contributed by atoms with van der Waals surface area (Å²) >= 11 is 1.40. The van der Waals surface area contributed by atoms with Crippen molar-refractivity contribution < 1.29 is 9.53 Å². The minimum atomic E-state index is -0.252. The second-order valence-electron chi connectivity index (χ2n) is 9.15. The molecule has 4 aromatic rings. The third-order valence-electron chi connectivity index (χ3n) is 6.58. The third kappa shape index (κ3) is 5.79. The fraction of sp³-hybridized carbons (Fsp3) is 0.286. The second kappa shape index (κ2) is 11.5. The molecule has 37 heavy (non-hydrogen) atoms. The Morgan fingerprint density at radius 3 is 2.84 bits per heavy atom. The Balaban J connectivity index is 1.45. The fourth-order valence-electron chi connectivity index (χ4n) is 4.77. The molecule has 1 fully saturated rings. The van der Waals surface area contributed by atoms with Crippen LogP contribution in [0.1, 0.15) is 35.3 Å². The lowest BCUT2D eigenvalue weighted by molar-refractivity contribution is 0.102. The van der Waals surface area contributed by atoms with Gasteiger partial charge in [0.1, 0.15) is 22.2 Å². The number of para-hydroxylation sites is 1. The van der Waals surface area contributed by atoms with Crippen LogP contribution < -0.4 is 20.7 Å². The Morgan fingerprint density at radius 1 is 1.19 bits per heavy atom. The number of ether oxygens (including phenoxy) is 1. The maximum Gasteiger partial charge on any atom is 0.275 e. The van der Waals surface area contributed by atoms with Crippen molar-refractivity contribution in [3.05, 3.63) is 77.6 Å². The minimum Gasteiger partial charge on any atom is -0.457 e.